The maximum atomic E-state index is 4.53. The number of anilines is 1. The molecule has 1 aliphatic rings. The van der Waals surface area contributed by atoms with Crippen molar-refractivity contribution >= 4 is 32.7 Å². The number of fused-ring (bicyclic) bond motifs is 2. The zero-order valence-corrected chi connectivity index (χ0v) is 13.0. The second-order valence-corrected chi connectivity index (χ2v) is 6.12. The number of nitrogens with zero attached hydrogens (tertiary/aromatic N) is 3. The predicted octanol–water partition coefficient (Wildman–Crippen LogP) is 3.96. The van der Waals surface area contributed by atoms with E-state index in [1.165, 1.54) is 15.6 Å². The Kier molecular flexibility index (Phi) is 3.11. The van der Waals surface area contributed by atoms with Crippen LogP contribution in [0.25, 0.3) is 10.9 Å². The average molecular weight is 340 g/mol. The first-order chi connectivity index (χ1) is 10.3. The molecular weight excluding hydrogens is 326 g/mol. The highest BCUT2D eigenvalue weighted by Crippen LogP contribution is 2.31. The summed E-state index contributed by atoms with van der Waals surface area (Å²) in [6, 6.07) is 14.6. The summed E-state index contributed by atoms with van der Waals surface area (Å²) in [5.41, 5.74) is 3.80. The fourth-order valence-electron chi connectivity index (χ4n) is 2.96. The van der Waals surface area contributed by atoms with Crippen LogP contribution in [0.15, 0.2) is 53.3 Å². The van der Waals surface area contributed by atoms with Crippen molar-refractivity contribution in [2.45, 2.75) is 13.0 Å². The average Bonchev–Trinajstić information content (AvgIpc) is 2.54. The standard InChI is InChI=1S/C17H14BrN3/c18-15-6-3-4-12-8-9-21(10-14(12)15)17-13-5-1-2-7-16(13)19-11-20-17/h1-7,11H,8-10H2. The van der Waals surface area contributed by atoms with Crippen LogP contribution < -0.4 is 4.90 Å². The molecule has 0 aliphatic carbocycles. The molecular formula is C17H14BrN3. The third-order valence-corrected chi connectivity index (χ3v) is 4.78. The lowest BCUT2D eigenvalue weighted by Crippen LogP contribution is -2.31. The van der Waals surface area contributed by atoms with Crippen LogP contribution in [0.1, 0.15) is 11.1 Å². The lowest BCUT2D eigenvalue weighted by molar-refractivity contribution is 0.720. The fraction of sp³-hybridized carbons (Fsp3) is 0.176. The van der Waals surface area contributed by atoms with Gasteiger partial charge in [-0.3, -0.25) is 0 Å². The summed E-state index contributed by atoms with van der Waals surface area (Å²) < 4.78 is 1.18. The topological polar surface area (TPSA) is 29.0 Å². The molecule has 0 fully saturated rings. The maximum Gasteiger partial charge on any atom is 0.140 e. The van der Waals surface area contributed by atoms with Crippen LogP contribution in [-0.4, -0.2) is 16.5 Å². The van der Waals surface area contributed by atoms with Crippen molar-refractivity contribution in [3.05, 3.63) is 64.4 Å². The Hall–Kier alpha value is -1.94. The largest absolute Gasteiger partial charge is 0.351 e. The molecule has 0 saturated heterocycles. The van der Waals surface area contributed by atoms with E-state index in [-0.39, 0.29) is 0 Å². The maximum absolute atomic E-state index is 4.53. The molecule has 3 aromatic rings. The summed E-state index contributed by atoms with van der Waals surface area (Å²) in [4.78, 5) is 11.2. The Balaban J connectivity index is 1.79. The van der Waals surface area contributed by atoms with Gasteiger partial charge in [0.05, 0.1) is 5.52 Å². The van der Waals surface area contributed by atoms with Gasteiger partial charge in [-0.15, -0.1) is 0 Å². The van der Waals surface area contributed by atoms with E-state index < -0.39 is 0 Å². The van der Waals surface area contributed by atoms with Crippen LogP contribution in [0.5, 0.6) is 0 Å². The molecule has 2 aromatic carbocycles. The van der Waals surface area contributed by atoms with E-state index in [2.05, 4.69) is 55.1 Å². The summed E-state index contributed by atoms with van der Waals surface area (Å²) in [5, 5.41) is 1.12. The number of aromatic nitrogens is 2. The molecule has 0 atom stereocenters. The van der Waals surface area contributed by atoms with Gasteiger partial charge in [-0.25, -0.2) is 9.97 Å². The van der Waals surface area contributed by atoms with Crippen molar-refractivity contribution in [2.75, 3.05) is 11.4 Å². The third-order valence-electron chi connectivity index (χ3n) is 4.04. The molecule has 0 amide bonds. The third kappa shape index (κ3) is 2.20. The van der Waals surface area contributed by atoms with E-state index in [4.69, 9.17) is 0 Å². The Morgan fingerprint density at radius 3 is 2.86 bits per heavy atom. The summed E-state index contributed by atoms with van der Waals surface area (Å²) in [6.45, 7) is 1.88. The van der Waals surface area contributed by atoms with E-state index in [9.17, 15) is 0 Å². The van der Waals surface area contributed by atoms with Gasteiger partial charge in [0.1, 0.15) is 12.1 Å². The van der Waals surface area contributed by atoms with Crippen LogP contribution in [0.4, 0.5) is 5.82 Å². The van der Waals surface area contributed by atoms with Crippen molar-refractivity contribution < 1.29 is 0 Å². The van der Waals surface area contributed by atoms with Crippen LogP contribution in [0, 0.1) is 0 Å². The highest BCUT2D eigenvalue weighted by Gasteiger charge is 2.20. The van der Waals surface area contributed by atoms with Crippen molar-refractivity contribution in [3.8, 4) is 0 Å². The molecule has 4 rings (SSSR count). The molecule has 0 unspecified atom stereocenters. The zero-order chi connectivity index (χ0) is 14.2. The highest BCUT2D eigenvalue weighted by atomic mass is 79.9. The molecule has 21 heavy (non-hydrogen) atoms. The first kappa shape index (κ1) is 12.8. The fourth-order valence-corrected chi connectivity index (χ4v) is 3.50. The normalized spacial score (nSPS) is 14.2. The van der Waals surface area contributed by atoms with Crippen molar-refractivity contribution in [3.63, 3.8) is 0 Å². The van der Waals surface area contributed by atoms with Gasteiger partial charge >= 0.3 is 0 Å². The number of para-hydroxylation sites is 1. The monoisotopic (exact) mass is 339 g/mol. The summed E-state index contributed by atoms with van der Waals surface area (Å²) in [6.07, 6.45) is 2.71. The number of halogens is 1. The first-order valence-corrected chi connectivity index (χ1v) is 7.83. The molecule has 1 aromatic heterocycles. The van der Waals surface area contributed by atoms with Gasteiger partial charge in [0, 0.05) is 22.9 Å². The van der Waals surface area contributed by atoms with Crippen LogP contribution in [0.2, 0.25) is 0 Å². The summed E-state index contributed by atoms with van der Waals surface area (Å²) in [7, 11) is 0. The minimum atomic E-state index is 0.887. The lowest BCUT2D eigenvalue weighted by Gasteiger charge is -2.31. The smallest absolute Gasteiger partial charge is 0.140 e. The minimum Gasteiger partial charge on any atom is -0.351 e. The second kappa shape index (κ2) is 5.11. The number of hydrogen-bond donors (Lipinski definition) is 0. The van der Waals surface area contributed by atoms with Crippen molar-refractivity contribution in [1.29, 1.82) is 0 Å². The van der Waals surface area contributed by atoms with Gasteiger partial charge in [0.25, 0.3) is 0 Å². The van der Waals surface area contributed by atoms with Gasteiger partial charge in [-0.05, 0) is 35.7 Å². The van der Waals surface area contributed by atoms with E-state index in [0.29, 0.717) is 0 Å². The Labute approximate surface area is 131 Å². The summed E-state index contributed by atoms with van der Waals surface area (Å²) >= 11 is 3.67. The molecule has 1 aliphatic heterocycles. The van der Waals surface area contributed by atoms with E-state index in [1.54, 1.807) is 6.33 Å². The highest BCUT2D eigenvalue weighted by molar-refractivity contribution is 9.10. The van der Waals surface area contributed by atoms with E-state index in [0.717, 1.165) is 36.2 Å². The SMILES string of the molecule is Brc1cccc2c1CN(c1ncnc3ccccc13)CC2. The van der Waals surface area contributed by atoms with Gasteiger partial charge in [0.15, 0.2) is 0 Å². The predicted molar refractivity (Wildman–Crippen MR) is 88.4 cm³/mol. The Morgan fingerprint density at radius 2 is 1.90 bits per heavy atom. The quantitative estimate of drug-likeness (QED) is 0.672. The lowest BCUT2D eigenvalue weighted by atomic mass is 9.99. The number of rotatable bonds is 1. The Bertz CT molecular complexity index is 811. The molecule has 2 heterocycles. The molecule has 0 saturated carbocycles. The second-order valence-electron chi connectivity index (χ2n) is 5.26. The van der Waals surface area contributed by atoms with Gasteiger partial charge < -0.3 is 4.90 Å². The van der Waals surface area contributed by atoms with Gasteiger partial charge in [0.2, 0.25) is 0 Å². The number of benzene rings is 2. The molecule has 104 valence electrons. The zero-order valence-electron chi connectivity index (χ0n) is 11.5. The van der Waals surface area contributed by atoms with Gasteiger partial charge in [-0.2, -0.15) is 0 Å². The number of hydrogen-bond acceptors (Lipinski definition) is 3. The summed E-state index contributed by atoms with van der Waals surface area (Å²) in [5.74, 6) is 1.03. The van der Waals surface area contributed by atoms with Crippen LogP contribution in [-0.2, 0) is 13.0 Å². The molecule has 3 nitrogen and oxygen atoms in total. The van der Waals surface area contributed by atoms with Crippen LogP contribution >= 0.6 is 15.9 Å². The molecule has 0 bridgehead atoms. The van der Waals surface area contributed by atoms with E-state index >= 15 is 0 Å². The van der Waals surface area contributed by atoms with Gasteiger partial charge in [-0.1, -0.05) is 40.2 Å². The van der Waals surface area contributed by atoms with Crippen molar-refractivity contribution in [1.82, 2.24) is 9.97 Å². The molecule has 0 radical (unpaired) electrons. The molecule has 0 spiro atoms. The molecule has 4 heteroatoms. The first-order valence-electron chi connectivity index (χ1n) is 7.04. The van der Waals surface area contributed by atoms with Crippen molar-refractivity contribution in [2.24, 2.45) is 0 Å². The minimum absolute atomic E-state index is 0.887. The molecule has 0 N–H and O–H groups in total. The van der Waals surface area contributed by atoms with Crippen LogP contribution in [0.3, 0.4) is 0 Å². The Morgan fingerprint density at radius 1 is 1.00 bits per heavy atom. The van der Waals surface area contributed by atoms with E-state index in [1.807, 2.05) is 18.2 Å².